The van der Waals surface area contributed by atoms with Gasteiger partial charge in [-0.15, -0.1) is 0 Å². The molecule has 19 heavy (non-hydrogen) atoms. The van der Waals surface area contributed by atoms with Crippen molar-refractivity contribution in [1.29, 1.82) is 0 Å². The molecule has 3 heterocycles. The Labute approximate surface area is 111 Å². The molecule has 6 nitrogen and oxygen atoms in total. The molecule has 6 heteroatoms. The second-order valence-electron chi connectivity index (χ2n) is 5.04. The number of hydrogen-bond acceptors (Lipinski definition) is 4. The second kappa shape index (κ2) is 4.62. The van der Waals surface area contributed by atoms with Crippen LogP contribution in [0.25, 0.3) is 0 Å². The van der Waals surface area contributed by atoms with Crippen LogP contribution in [0.1, 0.15) is 11.4 Å². The number of nitrogens with one attached hydrogen (secondary N) is 1. The van der Waals surface area contributed by atoms with Crippen LogP contribution >= 0.6 is 0 Å². The van der Waals surface area contributed by atoms with Gasteiger partial charge < -0.3 is 5.32 Å². The van der Waals surface area contributed by atoms with Gasteiger partial charge in [-0.1, -0.05) is 6.07 Å². The number of carbonyl (C=O) groups excluding carboxylic acids is 2. The molecule has 0 aromatic carbocycles. The number of urea groups is 1. The van der Waals surface area contributed by atoms with Crippen molar-refractivity contribution < 1.29 is 9.59 Å². The number of amides is 3. The van der Waals surface area contributed by atoms with Crippen molar-refractivity contribution in [2.24, 2.45) is 0 Å². The SMILES string of the molecule is Cc1cccc(CN2CC(N3C(=O)CNC3=O)C2)n1. The average Bonchev–Trinajstić information content (AvgIpc) is 2.64. The van der Waals surface area contributed by atoms with E-state index in [0.717, 1.165) is 31.0 Å². The van der Waals surface area contributed by atoms with Crippen LogP contribution in [-0.2, 0) is 11.3 Å². The van der Waals surface area contributed by atoms with E-state index in [2.05, 4.69) is 15.2 Å². The van der Waals surface area contributed by atoms with Crippen molar-refractivity contribution in [3.8, 4) is 0 Å². The van der Waals surface area contributed by atoms with Crippen LogP contribution < -0.4 is 5.32 Å². The van der Waals surface area contributed by atoms with Crippen LogP contribution in [-0.4, -0.2) is 52.4 Å². The van der Waals surface area contributed by atoms with Crippen LogP contribution in [0, 0.1) is 6.92 Å². The summed E-state index contributed by atoms with van der Waals surface area (Å²) in [5, 5.41) is 2.55. The third-order valence-corrected chi connectivity index (χ3v) is 3.51. The molecule has 0 aliphatic carbocycles. The molecule has 0 unspecified atom stereocenters. The predicted molar refractivity (Wildman–Crippen MR) is 68.3 cm³/mol. The van der Waals surface area contributed by atoms with Gasteiger partial charge in [-0.3, -0.25) is 19.6 Å². The minimum atomic E-state index is -0.261. The molecule has 0 atom stereocenters. The molecule has 3 amide bonds. The summed E-state index contributed by atoms with van der Waals surface area (Å²) in [6, 6.07) is 5.71. The topological polar surface area (TPSA) is 65.5 Å². The Morgan fingerprint density at radius 2 is 2.16 bits per heavy atom. The Hall–Kier alpha value is -1.95. The molecule has 100 valence electrons. The zero-order valence-electron chi connectivity index (χ0n) is 10.8. The molecule has 2 aliphatic rings. The molecule has 1 N–H and O–H groups in total. The summed E-state index contributed by atoms with van der Waals surface area (Å²) < 4.78 is 0. The van der Waals surface area contributed by atoms with Gasteiger partial charge >= 0.3 is 6.03 Å². The van der Waals surface area contributed by atoms with Crippen LogP contribution in [0.5, 0.6) is 0 Å². The highest BCUT2D eigenvalue weighted by Crippen LogP contribution is 2.19. The molecule has 0 bridgehead atoms. The molecule has 0 spiro atoms. The van der Waals surface area contributed by atoms with E-state index in [1.807, 2.05) is 25.1 Å². The van der Waals surface area contributed by atoms with Crippen LogP contribution in [0.4, 0.5) is 4.79 Å². The number of aromatic nitrogens is 1. The van der Waals surface area contributed by atoms with E-state index < -0.39 is 0 Å². The first-order valence-electron chi connectivity index (χ1n) is 6.38. The monoisotopic (exact) mass is 260 g/mol. The van der Waals surface area contributed by atoms with Gasteiger partial charge in [-0.2, -0.15) is 0 Å². The largest absolute Gasteiger partial charge is 0.329 e. The van der Waals surface area contributed by atoms with Crippen molar-refractivity contribution in [3.05, 3.63) is 29.6 Å². The number of rotatable bonds is 3. The summed E-state index contributed by atoms with van der Waals surface area (Å²) in [6.45, 7) is 4.33. The molecule has 2 fully saturated rings. The Balaban J connectivity index is 1.56. The lowest BCUT2D eigenvalue weighted by molar-refractivity contribution is -0.129. The number of pyridine rings is 1. The fourth-order valence-corrected chi connectivity index (χ4v) is 2.56. The summed E-state index contributed by atoms with van der Waals surface area (Å²) >= 11 is 0. The van der Waals surface area contributed by atoms with E-state index >= 15 is 0 Å². The average molecular weight is 260 g/mol. The standard InChI is InChI=1S/C13H16N4O2/c1-9-3-2-4-10(15-9)6-16-7-11(8-16)17-12(18)5-14-13(17)19/h2-4,11H,5-8H2,1H3,(H,14,19). The minimum Gasteiger partial charge on any atom is -0.329 e. The van der Waals surface area contributed by atoms with Gasteiger partial charge in [-0.05, 0) is 19.1 Å². The molecule has 2 saturated heterocycles. The molecule has 0 saturated carbocycles. The fraction of sp³-hybridized carbons (Fsp3) is 0.462. The quantitative estimate of drug-likeness (QED) is 0.784. The van der Waals surface area contributed by atoms with E-state index in [-0.39, 0.29) is 24.5 Å². The third-order valence-electron chi connectivity index (χ3n) is 3.51. The van der Waals surface area contributed by atoms with Gasteiger partial charge in [0.15, 0.2) is 0 Å². The zero-order valence-corrected chi connectivity index (χ0v) is 10.8. The molecule has 0 radical (unpaired) electrons. The van der Waals surface area contributed by atoms with Gasteiger partial charge in [0.2, 0.25) is 5.91 Å². The molecule has 1 aromatic heterocycles. The predicted octanol–water partition coefficient (Wildman–Crippen LogP) is 0.126. The zero-order chi connectivity index (χ0) is 13.4. The molecular formula is C13H16N4O2. The van der Waals surface area contributed by atoms with E-state index in [1.165, 1.54) is 4.90 Å². The maximum atomic E-state index is 11.5. The lowest BCUT2D eigenvalue weighted by Gasteiger charge is -2.42. The molecular weight excluding hydrogens is 244 g/mol. The maximum Gasteiger partial charge on any atom is 0.324 e. The smallest absolute Gasteiger partial charge is 0.324 e. The molecule has 2 aliphatic heterocycles. The Kier molecular flexibility index (Phi) is 2.94. The first-order valence-corrected chi connectivity index (χ1v) is 6.38. The highest BCUT2D eigenvalue weighted by Gasteiger charge is 2.41. The maximum absolute atomic E-state index is 11.5. The summed E-state index contributed by atoms with van der Waals surface area (Å²) in [4.78, 5) is 31.0. The lowest BCUT2D eigenvalue weighted by atomic mass is 10.1. The summed E-state index contributed by atoms with van der Waals surface area (Å²) in [7, 11) is 0. The van der Waals surface area contributed by atoms with Crippen molar-refractivity contribution in [2.45, 2.75) is 19.5 Å². The molecule has 3 rings (SSSR count). The third kappa shape index (κ3) is 2.31. The van der Waals surface area contributed by atoms with Crippen LogP contribution in [0.15, 0.2) is 18.2 Å². The normalized spacial score (nSPS) is 20.6. The summed E-state index contributed by atoms with van der Waals surface area (Å²) in [6.07, 6.45) is 0. The Morgan fingerprint density at radius 1 is 1.37 bits per heavy atom. The van der Waals surface area contributed by atoms with Crippen molar-refractivity contribution in [1.82, 2.24) is 20.1 Å². The number of likely N-dealkylation sites (tertiary alicyclic amines) is 1. The van der Waals surface area contributed by atoms with E-state index in [9.17, 15) is 9.59 Å². The Morgan fingerprint density at radius 3 is 2.79 bits per heavy atom. The highest BCUT2D eigenvalue weighted by atomic mass is 16.2. The van der Waals surface area contributed by atoms with Gasteiger partial charge in [0.1, 0.15) is 0 Å². The van der Waals surface area contributed by atoms with Gasteiger partial charge in [-0.25, -0.2) is 4.79 Å². The Bertz CT molecular complexity index is 509. The van der Waals surface area contributed by atoms with Crippen molar-refractivity contribution in [3.63, 3.8) is 0 Å². The number of hydrogen-bond donors (Lipinski definition) is 1. The number of aryl methyl sites for hydroxylation is 1. The van der Waals surface area contributed by atoms with Gasteiger partial charge in [0, 0.05) is 25.3 Å². The first-order chi connectivity index (χ1) is 9.13. The van der Waals surface area contributed by atoms with E-state index in [4.69, 9.17) is 0 Å². The van der Waals surface area contributed by atoms with Gasteiger partial charge in [0.05, 0.1) is 18.3 Å². The van der Waals surface area contributed by atoms with Crippen molar-refractivity contribution in [2.75, 3.05) is 19.6 Å². The van der Waals surface area contributed by atoms with E-state index in [0.29, 0.717) is 0 Å². The first kappa shape index (κ1) is 12.1. The van der Waals surface area contributed by atoms with Crippen LogP contribution in [0.2, 0.25) is 0 Å². The van der Waals surface area contributed by atoms with Crippen LogP contribution in [0.3, 0.4) is 0 Å². The highest BCUT2D eigenvalue weighted by molar-refractivity contribution is 6.02. The summed E-state index contributed by atoms with van der Waals surface area (Å²) in [5.41, 5.74) is 2.03. The number of carbonyl (C=O) groups is 2. The summed E-state index contributed by atoms with van der Waals surface area (Å²) in [5.74, 6) is -0.122. The lowest BCUT2D eigenvalue weighted by Crippen LogP contribution is -2.60. The van der Waals surface area contributed by atoms with Gasteiger partial charge in [0.25, 0.3) is 0 Å². The second-order valence-corrected chi connectivity index (χ2v) is 5.04. The number of nitrogens with zero attached hydrogens (tertiary/aromatic N) is 3. The number of imide groups is 1. The minimum absolute atomic E-state index is 0.0137. The fourth-order valence-electron chi connectivity index (χ4n) is 2.56. The molecule has 1 aromatic rings. The van der Waals surface area contributed by atoms with Crippen molar-refractivity contribution >= 4 is 11.9 Å². The van der Waals surface area contributed by atoms with E-state index in [1.54, 1.807) is 0 Å².